The van der Waals surface area contributed by atoms with Crippen molar-refractivity contribution in [2.45, 2.75) is 23.6 Å². The molecule has 0 aliphatic carbocycles. The standard InChI is InChI=1S/C10H8N2S2.C5H9ClO2/c1-5-11-6-2-9(1)13-14-10-3-7-12-8-4-10;1-4(2)3-8-5(6)7/h1-8H;4H,3H2,1-2H3. The van der Waals surface area contributed by atoms with Crippen LogP contribution in [0.25, 0.3) is 0 Å². The van der Waals surface area contributed by atoms with Gasteiger partial charge in [0.25, 0.3) is 0 Å². The number of hydrogen-bond donors (Lipinski definition) is 0. The monoisotopic (exact) mass is 356 g/mol. The van der Waals surface area contributed by atoms with Gasteiger partial charge in [0.2, 0.25) is 0 Å². The molecular weight excluding hydrogens is 340 g/mol. The van der Waals surface area contributed by atoms with Crippen LogP contribution in [0.15, 0.2) is 58.8 Å². The summed E-state index contributed by atoms with van der Waals surface area (Å²) in [6.07, 6.45) is 7.20. The van der Waals surface area contributed by atoms with E-state index in [4.69, 9.17) is 11.6 Å². The van der Waals surface area contributed by atoms with Crippen LogP contribution in [-0.2, 0) is 4.74 Å². The Bertz CT molecular complexity index is 502. The zero-order valence-corrected chi connectivity index (χ0v) is 14.7. The lowest BCUT2D eigenvalue weighted by Gasteiger charge is -2.00. The van der Waals surface area contributed by atoms with E-state index in [2.05, 4.69) is 14.7 Å². The SMILES string of the molecule is CC(C)COC(=O)Cl.c1cc(SSc2ccncc2)ccn1. The van der Waals surface area contributed by atoms with Gasteiger partial charge >= 0.3 is 5.43 Å². The summed E-state index contributed by atoms with van der Waals surface area (Å²) in [5.74, 6) is 0.359. The van der Waals surface area contributed by atoms with E-state index in [-0.39, 0.29) is 0 Å². The molecule has 118 valence electrons. The lowest BCUT2D eigenvalue weighted by molar-refractivity contribution is 0.159. The summed E-state index contributed by atoms with van der Waals surface area (Å²) in [7, 11) is 3.44. The molecule has 0 aromatic carbocycles. The highest BCUT2D eigenvalue weighted by atomic mass is 35.5. The third-order valence-electron chi connectivity index (χ3n) is 2.06. The van der Waals surface area contributed by atoms with Crippen molar-refractivity contribution in [3.05, 3.63) is 49.1 Å². The third-order valence-corrected chi connectivity index (χ3v) is 4.59. The van der Waals surface area contributed by atoms with E-state index in [0.717, 1.165) is 0 Å². The van der Waals surface area contributed by atoms with Crippen molar-refractivity contribution in [2.75, 3.05) is 6.61 Å². The lowest BCUT2D eigenvalue weighted by atomic mass is 10.2. The molecule has 2 aromatic heterocycles. The van der Waals surface area contributed by atoms with Gasteiger partial charge in [-0.1, -0.05) is 35.4 Å². The number of aromatic nitrogens is 2. The molecule has 22 heavy (non-hydrogen) atoms. The van der Waals surface area contributed by atoms with E-state index in [1.807, 2.05) is 38.1 Å². The maximum absolute atomic E-state index is 9.89. The molecule has 4 nitrogen and oxygen atoms in total. The van der Waals surface area contributed by atoms with Crippen LogP contribution < -0.4 is 0 Å². The van der Waals surface area contributed by atoms with Crippen molar-refractivity contribution in [3.63, 3.8) is 0 Å². The maximum atomic E-state index is 9.89. The van der Waals surface area contributed by atoms with E-state index in [1.54, 1.807) is 46.4 Å². The zero-order chi connectivity index (χ0) is 16.2. The smallest absolute Gasteiger partial charge is 0.403 e. The molecule has 0 amide bonds. The Balaban J connectivity index is 0.000000261. The summed E-state index contributed by atoms with van der Waals surface area (Å²) in [6.45, 7) is 4.29. The van der Waals surface area contributed by atoms with Gasteiger partial charge in [0.15, 0.2) is 0 Å². The van der Waals surface area contributed by atoms with Crippen molar-refractivity contribution in [1.82, 2.24) is 9.97 Å². The number of pyridine rings is 2. The number of halogens is 1. The van der Waals surface area contributed by atoms with Crippen molar-refractivity contribution >= 4 is 38.6 Å². The molecule has 0 atom stereocenters. The molecule has 0 aliphatic heterocycles. The highest BCUT2D eigenvalue weighted by Crippen LogP contribution is 2.36. The molecule has 0 fully saturated rings. The molecule has 0 saturated carbocycles. The maximum Gasteiger partial charge on any atom is 0.403 e. The van der Waals surface area contributed by atoms with Gasteiger partial charge in [-0.05, 0) is 30.2 Å². The number of nitrogens with zero attached hydrogens (tertiary/aromatic N) is 2. The van der Waals surface area contributed by atoms with Crippen LogP contribution in [0.2, 0.25) is 0 Å². The molecular formula is C15H17ClN2O2S2. The quantitative estimate of drug-likeness (QED) is 0.535. The molecule has 0 saturated heterocycles. The van der Waals surface area contributed by atoms with E-state index in [0.29, 0.717) is 12.5 Å². The van der Waals surface area contributed by atoms with Gasteiger partial charge in [-0.15, -0.1) is 0 Å². The minimum atomic E-state index is -0.723. The van der Waals surface area contributed by atoms with Gasteiger partial charge in [-0.2, -0.15) is 0 Å². The number of hydrogen-bond acceptors (Lipinski definition) is 6. The molecule has 0 aliphatic rings. The molecule has 0 radical (unpaired) electrons. The molecule has 0 unspecified atom stereocenters. The summed E-state index contributed by atoms with van der Waals surface area (Å²) in [4.78, 5) is 20.2. The number of rotatable bonds is 5. The molecule has 0 spiro atoms. The first-order valence-corrected chi connectivity index (χ1v) is 9.07. The highest BCUT2D eigenvalue weighted by molar-refractivity contribution is 8.76. The minimum absolute atomic E-state index is 0.359. The number of carbonyl (C=O) groups is 1. The summed E-state index contributed by atoms with van der Waals surface area (Å²) >= 11 is 4.86. The molecule has 2 rings (SSSR count). The predicted octanol–water partition coefficient (Wildman–Crippen LogP) is 5.29. The van der Waals surface area contributed by atoms with Crippen LogP contribution in [0.4, 0.5) is 4.79 Å². The van der Waals surface area contributed by atoms with Crippen molar-refractivity contribution in [2.24, 2.45) is 5.92 Å². The first kappa shape index (κ1) is 18.8. The Morgan fingerprint density at radius 2 is 1.45 bits per heavy atom. The van der Waals surface area contributed by atoms with E-state index in [1.165, 1.54) is 9.79 Å². The second kappa shape index (κ2) is 11.3. The Hall–Kier alpha value is -1.24. The topological polar surface area (TPSA) is 52.1 Å². The van der Waals surface area contributed by atoms with Crippen molar-refractivity contribution in [3.8, 4) is 0 Å². The summed E-state index contributed by atoms with van der Waals surface area (Å²) in [5, 5.41) is 0. The predicted molar refractivity (Wildman–Crippen MR) is 92.2 cm³/mol. The Kier molecular flexibility index (Phi) is 9.70. The van der Waals surface area contributed by atoms with Crippen LogP contribution in [-0.4, -0.2) is 22.0 Å². The largest absolute Gasteiger partial charge is 0.453 e. The van der Waals surface area contributed by atoms with Crippen LogP contribution in [0, 0.1) is 5.92 Å². The minimum Gasteiger partial charge on any atom is -0.453 e. The van der Waals surface area contributed by atoms with Crippen LogP contribution in [0.1, 0.15) is 13.8 Å². The highest BCUT2D eigenvalue weighted by Gasteiger charge is 1.97. The summed E-state index contributed by atoms with van der Waals surface area (Å²) in [6, 6.07) is 8.00. The van der Waals surface area contributed by atoms with Gasteiger partial charge < -0.3 is 4.74 Å². The van der Waals surface area contributed by atoms with Crippen LogP contribution >= 0.6 is 33.2 Å². The van der Waals surface area contributed by atoms with Gasteiger partial charge in [0.05, 0.1) is 6.61 Å². The van der Waals surface area contributed by atoms with Gasteiger partial charge in [-0.3, -0.25) is 9.97 Å². The first-order valence-electron chi connectivity index (χ1n) is 6.54. The fourth-order valence-electron chi connectivity index (χ4n) is 1.12. The van der Waals surface area contributed by atoms with E-state index in [9.17, 15) is 4.79 Å². The van der Waals surface area contributed by atoms with E-state index >= 15 is 0 Å². The molecule has 0 N–H and O–H groups in total. The second-order valence-corrected chi connectivity index (χ2v) is 7.06. The first-order chi connectivity index (χ1) is 10.6. The fraction of sp³-hybridized carbons (Fsp3) is 0.267. The zero-order valence-electron chi connectivity index (χ0n) is 12.3. The second-order valence-electron chi connectivity index (χ2n) is 4.47. The average Bonchev–Trinajstić information content (AvgIpc) is 2.54. The van der Waals surface area contributed by atoms with Gasteiger partial charge in [0, 0.05) is 46.2 Å². The van der Waals surface area contributed by atoms with Crippen molar-refractivity contribution in [1.29, 1.82) is 0 Å². The van der Waals surface area contributed by atoms with Gasteiger partial charge in [0.1, 0.15) is 0 Å². The van der Waals surface area contributed by atoms with Crippen LogP contribution in [0.5, 0.6) is 0 Å². The average molecular weight is 357 g/mol. The van der Waals surface area contributed by atoms with E-state index < -0.39 is 5.43 Å². The summed E-state index contributed by atoms with van der Waals surface area (Å²) < 4.78 is 4.43. The molecule has 2 aromatic rings. The molecule has 7 heteroatoms. The number of ether oxygens (including phenoxy) is 1. The summed E-state index contributed by atoms with van der Waals surface area (Å²) in [5.41, 5.74) is -0.723. The lowest BCUT2D eigenvalue weighted by Crippen LogP contribution is -2.02. The van der Waals surface area contributed by atoms with Crippen molar-refractivity contribution < 1.29 is 9.53 Å². The molecule has 2 heterocycles. The Morgan fingerprint density at radius 3 is 1.73 bits per heavy atom. The normalized spacial score (nSPS) is 9.82. The molecule has 0 bridgehead atoms. The number of carbonyl (C=O) groups excluding carboxylic acids is 1. The third kappa shape index (κ3) is 9.65. The Labute approximate surface area is 143 Å². The van der Waals surface area contributed by atoms with Gasteiger partial charge in [-0.25, -0.2) is 4.79 Å². The van der Waals surface area contributed by atoms with Crippen LogP contribution in [0.3, 0.4) is 0 Å². The fourth-order valence-corrected chi connectivity index (χ4v) is 3.08. The Morgan fingerprint density at radius 1 is 1.05 bits per heavy atom.